The van der Waals surface area contributed by atoms with E-state index < -0.39 is 0 Å². The first kappa shape index (κ1) is 17.5. The zero-order valence-electron chi connectivity index (χ0n) is 13.5. The van der Waals surface area contributed by atoms with Crippen molar-refractivity contribution in [3.05, 3.63) is 69.6 Å². The third kappa shape index (κ3) is 4.61. The molecule has 1 N–H and O–H groups in total. The molecule has 0 bridgehead atoms. The minimum Gasteiger partial charge on any atom is -0.326 e. The van der Waals surface area contributed by atoms with Gasteiger partial charge in [0.15, 0.2) is 5.78 Å². The molecule has 0 aliphatic rings. The van der Waals surface area contributed by atoms with Gasteiger partial charge in [0.2, 0.25) is 5.91 Å². The summed E-state index contributed by atoms with van der Waals surface area (Å²) in [6, 6.07) is 14.8. The fourth-order valence-electron chi connectivity index (χ4n) is 2.30. The number of carbonyl (C=O) groups is 2. The Morgan fingerprint density at radius 2 is 1.92 bits per heavy atom. The lowest BCUT2D eigenvalue weighted by Crippen LogP contribution is -2.14. The van der Waals surface area contributed by atoms with Crippen LogP contribution < -0.4 is 5.32 Å². The minimum absolute atomic E-state index is 0.000396. The molecule has 25 heavy (non-hydrogen) atoms. The number of anilines is 1. The molecule has 4 nitrogen and oxygen atoms in total. The molecule has 0 spiro atoms. The number of halogens is 1. The summed E-state index contributed by atoms with van der Waals surface area (Å²) < 4.78 is 0.994. The van der Waals surface area contributed by atoms with E-state index in [9.17, 15) is 9.59 Å². The number of nitrogens with zero attached hydrogens (tertiary/aromatic N) is 1. The Balaban J connectivity index is 1.64. The monoisotopic (exact) mass is 414 g/mol. The van der Waals surface area contributed by atoms with Crippen LogP contribution in [0.3, 0.4) is 0 Å². The van der Waals surface area contributed by atoms with Gasteiger partial charge in [-0.2, -0.15) is 0 Å². The molecule has 0 aliphatic carbocycles. The van der Waals surface area contributed by atoms with Crippen molar-refractivity contribution in [1.82, 2.24) is 4.98 Å². The van der Waals surface area contributed by atoms with E-state index >= 15 is 0 Å². The summed E-state index contributed by atoms with van der Waals surface area (Å²) in [7, 11) is 0. The van der Waals surface area contributed by atoms with Crippen LogP contribution in [0.25, 0.3) is 10.6 Å². The second-order valence-electron chi connectivity index (χ2n) is 5.51. The lowest BCUT2D eigenvalue weighted by atomic mass is 10.1. The lowest BCUT2D eigenvalue weighted by molar-refractivity contribution is -0.115. The van der Waals surface area contributed by atoms with E-state index in [1.165, 1.54) is 18.3 Å². The van der Waals surface area contributed by atoms with E-state index in [4.69, 9.17) is 0 Å². The second kappa shape index (κ2) is 7.72. The van der Waals surface area contributed by atoms with Gasteiger partial charge >= 0.3 is 0 Å². The van der Waals surface area contributed by atoms with Gasteiger partial charge in [-0.1, -0.05) is 28.1 Å². The molecular weight excluding hydrogens is 400 g/mol. The molecule has 0 saturated heterocycles. The zero-order chi connectivity index (χ0) is 17.8. The number of ketones is 1. The Labute approximate surface area is 158 Å². The maximum absolute atomic E-state index is 12.2. The number of amides is 1. The molecule has 2 aromatic carbocycles. The van der Waals surface area contributed by atoms with Crippen molar-refractivity contribution in [2.75, 3.05) is 5.32 Å². The Morgan fingerprint density at radius 1 is 1.16 bits per heavy atom. The number of aromatic nitrogens is 1. The first-order valence-corrected chi connectivity index (χ1v) is 9.30. The van der Waals surface area contributed by atoms with Crippen LogP contribution in [0.15, 0.2) is 58.4 Å². The number of benzene rings is 2. The van der Waals surface area contributed by atoms with Gasteiger partial charge < -0.3 is 5.32 Å². The smallest absolute Gasteiger partial charge is 0.230 e. The van der Waals surface area contributed by atoms with Crippen molar-refractivity contribution in [3.8, 4) is 10.6 Å². The fourth-order valence-corrected chi connectivity index (χ4v) is 3.52. The van der Waals surface area contributed by atoms with Crippen molar-refractivity contribution in [2.45, 2.75) is 13.3 Å². The molecule has 3 aromatic rings. The molecule has 0 aliphatic heterocycles. The third-order valence-electron chi connectivity index (χ3n) is 3.54. The highest BCUT2D eigenvalue weighted by atomic mass is 79.9. The van der Waals surface area contributed by atoms with Gasteiger partial charge in [0.05, 0.1) is 12.1 Å². The quantitative estimate of drug-likeness (QED) is 0.600. The summed E-state index contributed by atoms with van der Waals surface area (Å²) in [6.07, 6.45) is 0.207. The number of carbonyl (C=O) groups excluding carboxylic acids is 2. The number of nitrogens with one attached hydrogen (secondary N) is 1. The van der Waals surface area contributed by atoms with Gasteiger partial charge in [0, 0.05) is 26.7 Å². The summed E-state index contributed by atoms with van der Waals surface area (Å²) >= 11 is 4.96. The summed E-state index contributed by atoms with van der Waals surface area (Å²) in [5, 5.41) is 5.60. The van der Waals surface area contributed by atoms with Crippen LogP contribution in [0.2, 0.25) is 0 Å². The van der Waals surface area contributed by atoms with Crippen molar-refractivity contribution < 1.29 is 9.59 Å². The van der Waals surface area contributed by atoms with Gasteiger partial charge in [0.1, 0.15) is 5.01 Å². The van der Waals surface area contributed by atoms with Gasteiger partial charge in [-0.05, 0) is 43.3 Å². The molecule has 1 heterocycles. The van der Waals surface area contributed by atoms with Crippen molar-refractivity contribution in [3.63, 3.8) is 0 Å². The summed E-state index contributed by atoms with van der Waals surface area (Å²) in [4.78, 5) is 28.0. The average Bonchev–Trinajstić information content (AvgIpc) is 3.03. The van der Waals surface area contributed by atoms with Crippen molar-refractivity contribution in [1.29, 1.82) is 0 Å². The first-order chi connectivity index (χ1) is 12.0. The molecule has 126 valence electrons. The van der Waals surface area contributed by atoms with E-state index in [0.717, 1.165) is 20.7 Å². The van der Waals surface area contributed by atoms with E-state index in [-0.39, 0.29) is 18.1 Å². The molecule has 0 fully saturated rings. The minimum atomic E-state index is -0.137. The van der Waals surface area contributed by atoms with Gasteiger partial charge in [0.25, 0.3) is 0 Å². The van der Waals surface area contributed by atoms with Gasteiger partial charge in [-0.15, -0.1) is 11.3 Å². The lowest BCUT2D eigenvalue weighted by Gasteiger charge is -2.04. The Kier molecular flexibility index (Phi) is 5.40. The Hall–Kier alpha value is -2.31. The topological polar surface area (TPSA) is 59.1 Å². The number of thiazole rings is 1. The van der Waals surface area contributed by atoms with Crippen molar-refractivity contribution >= 4 is 44.6 Å². The third-order valence-corrected chi connectivity index (χ3v) is 4.97. The van der Waals surface area contributed by atoms with Crippen LogP contribution in [-0.2, 0) is 11.2 Å². The summed E-state index contributed by atoms with van der Waals surface area (Å²) in [6.45, 7) is 1.51. The number of hydrogen-bond donors (Lipinski definition) is 1. The molecular formula is C19H15BrN2O2S. The Bertz CT molecular complexity index is 919. The Morgan fingerprint density at radius 3 is 2.60 bits per heavy atom. The molecule has 0 atom stereocenters. The first-order valence-electron chi connectivity index (χ1n) is 7.62. The van der Waals surface area contributed by atoms with Crippen LogP contribution in [0.5, 0.6) is 0 Å². The van der Waals surface area contributed by atoms with Gasteiger partial charge in [-0.3, -0.25) is 9.59 Å². The molecule has 0 radical (unpaired) electrons. The number of rotatable bonds is 5. The van der Waals surface area contributed by atoms with Crippen molar-refractivity contribution in [2.24, 2.45) is 0 Å². The highest BCUT2D eigenvalue weighted by Crippen LogP contribution is 2.26. The molecule has 0 unspecified atom stereocenters. The van der Waals surface area contributed by atoms with Crippen LogP contribution in [0.4, 0.5) is 5.69 Å². The number of hydrogen-bond acceptors (Lipinski definition) is 4. The molecule has 1 aromatic heterocycles. The van der Waals surface area contributed by atoms with Gasteiger partial charge in [-0.25, -0.2) is 4.98 Å². The van der Waals surface area contributed by atoms with E-state index in [1.54, 1.807) is 24.3 Å². The highest BCUT2D eigenvalue weighted by Gasteiger charge is 2.10. The zero-order valence-corrected chi connectivity index (χ0v) is 15.9. The molecule has 6 heteroatoms. The maximum Gasteiger partial charge on any atom is 0.230 e. The van der Waals surface area contributed by atoms with Crippen LogP contribution in [-0.4, -0.2) is 16.7 Å². The van der Waals surface area contributed by atoms with Crippen LogP contribution in [0, 0.1) is 0 Å². The SMILES string of the molecule is CC(=O)c1ccc(NC(=O)Cc2csc(-c3cccc(Br)c3)n2)cc1. The molecule has 0 saturated carbocycles. The van der Waals surface area contributed by atoms with Crippen LogP contribution in [0.1, 0.15) is 23.0 Å². The summed E-state index contributed by atoms with van der Waals surface area (Å²) in [5.74, 6) is -0.137. The summed E-state index contributed by atoms with van der Waals surface area (Å²) in [5.41, 5.74) is 3.04. The van der Waals surface area contributed by atoms with E-state index in [0.29, 0.717) is 11.3 Å². The maximum atomic E-state index is 12.2. The fraction of sp³-hybridized carbons (Fsp3) is 0.105. The van der Waals surface area contributed by atoms with E-state index in [2.05, 4.69) is 26.2 Å². The molecule has 3 rings (SSSR count). The largest absolute Gasteiger partial charge is 0.326 e. The predicted molar refractivity (Wildman–Crippen MR) is 104 cm³/mol. The second-order valence-corrected chi connectivity index (χ2v) is 7.29. The standard InChI is InChI=1S/C19H15BrN2O2S/c1-12(23)13-5-7-16(8-6-13)21-18(24)10-17-11-25-19(22-17)14-3-2-4-15(20)9-14/h2-9,11H,10H2,1H3,(H,21,24). The van der Waals surface area contributed by atoms with Crippen LogP contribution >= 0.6 is 27.3 Å². The normalized spacial score (nSPS) is 10.5. The highest BCUT2D eigenvalue weighted by molar-refractivity contribution is 9.10. The van der Waals surface area contributed by atoms with E-state index in [1.807, 2.05) is 29.6 Å². The molecule has 1 amide bonds. The number of Topliss-reactive ketones (excluding diaryl/α,β-unsaturated/α-hetero) is 1. The predicted octanol–water partition coefficient (Wildman–Crippen LogP) is 4.96. The average molecular weight is 415 g/mol.